The van der Waals surface area contributed by atoms with Crippen molar-refractivity contribution in [2.75, 3.05) is 0 Å². The molecule has 0 aliphatic carbocycles. The van der Waals surface area contributed by atoms with Gasteiger partial charge in [-0.2, -0.15) is 0 Å². The highest BCUT2D eigenvalue weighted by Crippen LogP contribution is 1.92. The first-order valence-electron chi connectivity index (χ1n) is 2.87. The molecule has 17 nitrogen and oxygen atoms in total. The van der Waals surface area contributed by atoms with E-state index in [1.54, 1.807) is 0 Å². The molecule has 0 aromatic carbocycles. The summed E-state index contributed by atoms with van der Waals surface area (Å²) in [6.07, 6.45) is 0. The predicted molar refractivity (Wildman–Crippen MR) is 29.0 cm³/mol. The molecule has 0 unspecified atom stereocenters. The van der Waals surface area contributed by atoms with Gasteiger partial charge in [0.05, 0.1) is 0 Å². The van der Waals surface area contributed by atoms with Crippen molar-refractivity contribution in [1.82, 2.24) is 0 Å². The van der Waals surface area contributed by atoms with Gasteiger partial charge < -0.3 is 0 Å². The van der Waals surface area contributed by atoms with Gasteiger partial charge in [0.15, 0.2) is 0 Å². The standard InChI is InChI=1S/H2O17S/c1-2-3-4-5-6-7-8-9-10-11-12-13-14-15-16-17-18/h1,18H. The SMILES string of the molecule is OOOOOOOOOOOOOOOOOS. The van der Waals surface area contributed by atoms with Crippen molar-refractivity contribution in [3.63, 3.8) is 0 Å². The van der Waals surface area contributed by atoms with Crippen molar-refractivity contribution in [2.24, 2.45) is 0 Å². The summed E-state index contributed by atoms with van der Waals surface area (Å²) in [5.74, 6) is 0. The number of hydrogen-bond acceptors (Lipinski definition) is 18. The first-order chi connectivity index (χ1) is 8.91. The lowest BCUT2D eigenvalue weighted by atomic mass is 14.0. The van der Waals surface area contributed by atoms with Crippen LogP contribution in [0.25, 0.3) is 0 Å². The van der Waals surface area contributed by atoms with Crippen LogP contribution >= 0.6 is 12.9 Å². The van der Waals surface area contributed by atoms with Crippen LogP contribution in [0.2, 0.25) is 0 Å². The monoisotopic (exact) mass is 306 g/mol. The number of rotatable bonds is 15. The molecule has 0 saturated carbocycles. The molecule has 1 N–H and O–H groups in total. The minimum Gasteiger partial charge on any atom is -0.219 e. The van der Waals surface area contributed by atoms with Gasteiger partial charge in [-0.15, -0.1) is 4.33 Å². The van der Waals surface area contributed by atoms with E-state index < -0.39 is 0 Å². The summed E-state index contributed by atoms with van der Waals surface area (Å²) >= 11 is 3.05. The van der Waals surface area contributed by atoms with E-state index in [1.165, 1.54) is 0 Å². The summed E-state index contributed by atoms with van der Waals surface area (Å²) in [5, 5.41) is 58.6. The third kappa shape index (κ3) is 15.7. The Kier molecular flexibility index (Phi) is 16.4. The maximum absolute atomic E-state index is 7.48. The maximum Gasteiger partial charge on any atom is 0.0182 e. The molecular formula is H2O17S. The number of thiol groups is 1. The van der Waals surface area contributed by atoms with Crippen LogP contribution in [0.1, 0.15) is 0 Å². The summed E-state index contributed by atoms with van der Waals surface area (Å²) in [6.45, 7) is 0. The zero-order valence-electron chi connectivity index (χ0n) is 7.43. The molecule has 0 aliphatic heterocycles. The molecule has 0 spiro atoms. The van der Waals surface area contributed by atoms with Crippen LogP contribution in [0.15, 0.2) is 0 Å². The largest absolute Gasteiger partial charge is 0.219 e. The molecule has 0 atom stereocenters. The molecule has 0 aliphatic rings. The molecular weight excluding hydrogens is 304 g/mol. The van der Waals surface area contributed by atoms with E-state index in [1.807, 2.05) is 0 Å². The fraction of sp³-hybridized carbons (Fsp3) is 0. The van der Waals surface area contributed by atoms with Gasteiger partial charge in [0.25, 0.3) is 0 Å². The second kappa shape index (κ2) is 16.7. The minimum absolute atomic E-state index is 2.88. The Hall–Kier alpha value is -0.330. The van der Waals surface area contributed by atoms with Gasteiger partial charge in [0.2, 0.25) is 0 Å². The molecule has 0 aromatic rings. The number of hydrogen-bond donors (Lipinski definition) is 2. The maximum atomic E-state index is 7.48. The first kappa shape index (κ1) is 17.7. The molecule has 0 saturated heterocycles. The molecule has 0 amide bonds. The van der Waals surface area contributed by atoms with Crippen LogP contribution < -0.4 is 0 Å². The van der Waals surface area contributed by atoms with E-state index in [4.69, 9.17) is 5.26 Å². The van der Waals surface area contributed by atoms with Crippen LogP contribution in [0.4, 0.5) is 0 Å². The highest BCUT2D eigenvalue weighted by Gasteiger charge is 1.98. The van der Waals surface area contributed by atoms with Crippen molar-refractivity contribution in [3.8, 4) is 0 Å². The van der Waals surface area contributed by atoms with E-state index >= 15 is 0 Å². The molecule has 0 rings (SSSR count). The highest BCUT2D eigenvalue weighted by atomic mass is 32.1. The van der Waals surface area contributed by atoms with Crippen molar-refractivity contribution in [3.05, 3.63) is 0 Å². The molecule has 18 heteroatoms. The Balaban J connectivity index is 2.86. The van der Waals surface area contributed by atoms with Gasteiger partial charge in [-0.3, -0.25) is 0 Å². The third-order valence-electron chi connectivity index (χ3n) is 0.422. The predicted octanol–water partition coefficient (Wildman–Crippen LogP) is -0.705. The van der Waals surface area contributed by atoms with Crippen LogP contribution in [-0.4, -0.2) is 5.26 Å². The second-order valence-electron chi connectivity index (χ2n) is 1.10. The minimum atomic E-state index is 2.88. The quantitative estimate of drug-likeness (QED) is 0.128. The van der Waals surface area contributed by atoms with Gasteiger partial charge in [0, 0.05) is 12.9 Å². The average molecular weight is 306 g/mol. The zero-order chi connectivity index (χ0) is 13.3. The smallest absolute Gasteiger partial charge is 0.0182 e. The average Bonchev–Trinajstić information content (AvgIpc) is 2.39. The molecule has 0 bridgehead atoms. The molecule has 110 valence electrons. The topological polar surface area (TPSA) is 168 Å². The second-order valence-corrected chi connectivity index (χ2v) is 1.25. The van der Waals surface area contributed by atoms with E-state index in [2.05, 4.69) is 92.8 Å². The summed E-state index contributed by atoms with van der Waals surface area (Å²) in [4.78, 5) is 0. The lowest BCUT2D eigenvalue weighted by Gasteiger charge is -1.98. The molecule has 0 fully saturated rings. The Morgan fingerprint density at radius 3 is 1.00 bits per heavy atom. The molecule has 18 heavy (non-hydrogen) atoms. The van der Waals surface area contributed by atoms with E-state index in [-0.39, 0.29) is 0 Å². The fourth-order valence-corrected chi connectivity index (χ4v) is 0.186. The van der Waals surface area contributed by atoms with Crippen molar-refractivity contribution < 1.29 is 85.2 Å². The Morgan fingerprint density at radius 2 is 0.722 bits per heavy atom. The molecule has 0 aromatic heterocycles. The fourth-order valence-electron chi connectivity index (χ4n) is 0.161. The van der Waals surface area contributed by atoms with Gasteiger partial charge in [-0.05, 0) is 75.6 Å². The Bertz CT molecular complexity index is 118. The van der Waals surface area contributed by atoms with Gasteiger partial charge in [0.1, 0.15) is 0 Å². The zero-order valence-corrected chi connectivity index (χ0v) is 8.32. The lowest BCUT2D eigenvalue weighted by Crippen LogP contribution is -2.04. The van der Waals surface area contributed by atoms with Crippen LogP contribution in [0.3, 0.4) is 0 Å². The van der Waals surface area contributed by atoms with Crippen LogP contribution in [0, 0.1) is 0 Å². The summed E-state index contributed by atoms with van der Waals surface area (Å²) < 4.78 is 3.56. The summed E-state index contributed by atoms with van der Waals surface area (Å²) in [5.41, 5.74) is 0. The van der Waals surface area contributed by atoms with Gasteiger partial charge >= 0.3 is 0 Å². The van der Waals surface area contributed by atoms with Crippen LogP contribution in [0.5, 0.6) is 0 Å². The normalized spacial score (nSPS) is 11.0. The lowest BCUT2D eigenvalue weighted by molar-refractivity contribution is -0.885. The highest BCUT2D eigenvalue weighted by molar-refractivity contribution is 7.74. The van der Waals surface area contributed by atoms with Gasteiger partial charge in [-0.25, -0.2) is 5.26 Å². The van der Waals surface area contributed by atoms with Crippen molar-refractivity contribution in [1.29, 1.82) is 0 Å². The Morgan fingerprint density at radius 1 is 0.444 bits per heavy atom. The van der Waals surface area contributed by atoms with E-state index in [0.717, 1.165) is 0 Å². The van der Waals surface area contributed by atoms with Crippen molar-refractivity contribution in [2.45, 2.75) is 0 Å². The molecule has 0 heterocycles. The van der Waals surface area contributed by atoms with E-state index in [9.17, 15) is 0 Å². The van der Waals surface area contributed by atoms with E-state index in [0.29, 0.717) is 0 Å². The van der Waals surface area contributed by atoms with Crippen LogP contribution in [-0.2, 0) is 79.9 Å². The Labute approximate surface area is 99.2 Å². The third-order valence-corrected chi connectivity index (χ3v) is 0.483. The first-order valence-corrected chi connectivity index (χ1v) is 3.23. The molecule has 0 radical (unpaired) electrons. The van der Waals surface area contributed by atoms with Crippen molar-refractivity contribution >= 4 is 12.9 Å². The summed E-state index contributed by atoms with van der Waals surface area (Å²) in [7, 11) is 0. The van der Waals surface area contributed by atoms with Gasteiger partial charge in [-0.1, -0.05) is 0 Å². The summed E-state index contributed by atoms with van der Waals surface area (Å²) in [6, 6.07) is 0.